The van der Waals surface area contributed by atoms with Gasteiger partial charge >= 0.3 is 0 Å². The maximum Gasteiger partial charge on any atom is 0.137 e. The van der Waals surface area contributed by atoms with Crippen LogP contribution in [0.4, 0.5) is 4.39 Å². The monoisotopic (exact) mass is 283 g/mol. The first-order valence-electron chi connectivity index (χ1n) is 5.58. The average Bonchev–Trinajstić information content (AvgIpc) is 2.33. The van der Waals surface area contributed by atoms with Gasteiger partial charge in [-0.15, -0.1) is 0 Å². The van der Waals surface area contributed by atoms with Gasteiger partial charge in [0.2, 0.25) is 0 Å². The standard InChI is InChI=1S/C13H15BrFN/c14-11-8-10(6-7-12(11)15)13(16)9-4-2-1-3-5-9/h4,6-8,13H,1-3,5,16H2. The molecule has 1 aromatic carbocycles. The fraction of sp³-hybridized carbons (Fsp3) is 0.385. The summed E-state index contributed by atoms with van der Waals surface area (Å²) in [6.45, 7) is 0. The number of allylic oxidation sites excluding steroid dienone is 1. The highest BCUT2D eigenvalue weighted by Crippen LogP contribution is 2.29. The van der Waals surface area contributed by atoms with Crippen molar-refractivity contribution in [3.05, 3.63) is 45.7 Å². The summed E-state index contributed by atoms with van der Waals surface area (Å²) >= 11 is 3.19. The van der Waals surface area contributed by atoms with E-state index in [0.717, 1.165) is 18.4 Å². The van der Waals surface area contributed by atoms with Gasteiger partial charge in [0.05, 0.1) is 10.5 Å². The van der Waals surface area contributed by atoms with E-state index in [2.05, 4.69) is 22.0 Å². The van der Waals surface area contributed by atoms with Crippen LogP contribution in [0, 0.1) is 5.82 Å². The van der Waals surface area contributed by atoms with E-state index in [1.807, 2.05) is 0 Å². The summed E-state index contributed by atoms with van der Waals surface area (Å²) in [6, 6.07) is 4.91. The first kappa shape index (κ1) is 11.8. The fourth-order valence-corrected chi connectivity index (χ4v) is 2.46. The van der Waals surface area contributed by atoms with Crippen LogP contribution in [0.5, 0.6) is 0 Å². The Balaban J connectivity index is 2.22. The van der Waals surface area contributed by atoms with Crippen molar-refractivity contribution in [3.63, 3.8) is 0 Å². The van der Waals surface area contributed by atoms with Gasteiger partial charge < -0.3 is 5.73 Å². The third kappa shape index (κ3) is 2.53. The smallest absolute Gasteiger partial charge is 0.137 e. The average molecular weight is 284 g/mol. The predicted octanol–water partition coefficient (Wildman–Crippen LogP) is 4.09. The predicted molar refractivity (Wildman–Crippen MR) is 67.6 cm³/mol. The molecule has 0 spiro atoms. The molecule has 0 fully saturated rings. The highest BCUT2D eigenvalue weighted by Gasteiger charge is 2.14. The zero-order valence-corrected chi connectivity index (χ0v) is 10.6. The molecule has 1 nitrogen and oxygen atoms in total. The lowest BCUT2D eigenvalue weighted by molar-refractivity contribution is 0.616. The molecule has 2 N–H and O–H groups in total. The molecule has 1 unspecified atom stereocenters. The molecular formula is C13H15BrFN. The van der Waals surface area contributed by atoms with Crippen LogP contribution in [0.1, 0.15) is 37.3 Å². The molecule has 0 radical (unpaired) electrons. The van der Waals surface area contributed by atoms with E-state index >= 15 is 0 Å². The maximum absolute atomic E-state index is 13.1. The highest BCUT2D eigenvalue weighted by atomic mass is 79.9. The molecular weight excluding hydrogens is 269 g/mol. The summed E-state index contributed by atoms with van der Waals surface area (Å²) in [5.74, 6) is -0.242. The minimum absolute atomic E-state index is 0.0859. The van der Waals surface area contributed by atoms with E-state index in [1.54, 1.807) is 12.1 Å². The summed E-state index contributed by atoms with van der Waals surface area (Å²) in [5.41, 5.74) is 8.43. The van der Waals surface area contributed by atoms with Gasteiger partial charge in [0.25, 0.3) is 0 Å². The molecule has 0 amide bonds. The van der Waals surface area contributed by atoms with Crippen LogP contribution in [0.2, 0.25) is 0 Å². The summed E-state index contributed by atoms with van der Waals surface area (Å²) in [5, 5.41) is 0. The van der Waals surface area contributed by atoms with Crippen molar-refractivity contribution in [3.8, 4) is 0 Å². The summed E-state index contributed by atoms with van der Waals surface area (Å²) in [4.78, 5) is 0. The number of nitrogens with two attached hydrogens (primary N) is 1. The number of hydrogen-bond acceptors (Lipinski definition) is 1. The van der Waals surface area contributed by atoms with Crippen LogP contribution in [0.25, 0.3) is 0 Å². The molecule has 1 aliphatic carbocycles. The number of halogens is 2. The second kappa shape index (κ2) is 5.11. The second-order valence-electron chi connectivity index (χ2n) is 4.18. The summed E-state index contributed by atoms with van der Waals surface area (Å²) in [7, 11) is 0. The van der Waals surface area contributed by atoms with Crippen molar-refractivity contribution in [2.24, 2.45) is 5.73 Å². The quantitative estimate of drug-likeness (QED) is 0.813. The topological polar surface area (TPSA) is 26.0 Å². The second-order valence-corrected chi connectivity index (χ2v) is 5.03. The summed E-state index contributed by atoms with van der Waals surface area (Å²) in [6.07, 6.45) is 6.87. The summed E-state index contributed by atoms with van der Waals surface area (Å²) < 4.78 is 13.6. The lowest BCUT2D eigenvalue weighted by atomic mass is 9.90. The molecule has 3 heteroatoms. The van der Waals surface area contributed by atoms with Crippen molar-refractivity contribution in [1.29, 1.82) is 0 Å². The van der Waals surface area contributed by atoms with Crippen LogP contribution in [0.3, 0.4) is 0 Å². The molecule has 0 saturated carbocycles. The third-order valence-electron chi connectivity index (χ3n) is 3.03. The fourth-order valence-electron chi connectivity index (χ4n) is 2.07. The first-order valence-corrected chi connectivity index (χ1v) is 6.37. The van der Waals surface area contributed by atoms with Crippen LogP contribution in [-0.4, -0.2) is 0 Å². The Hall–Kier alpha value is -0.670. The number of rotatable bonds is 2. The minimum Gasteiger partial charge on any atom is -0.321 e. The van der Waals surface area contributed by atoms with Crippen molar-refractivity contribution in [2.75, 3.05) is 0 Å². The highest BCUT2D eigenvalue weighted by molar-refractivity contribution is 9.10. The van der Waals surface area contributed by atoms with E-state index in [1.165, 1.54) is 24.5 Å². The van der Waals surface area contributed by atoms with E-state index < -0.39 is 0 Å². The van der Waals surface area contributed by atoms with E-state index in [0.29, 0.717) is 4.47 Å². The van der Waals surface area contributed by atoms with Gasteiger partial charge in [-0.05, 0) is 59.3 Å². The van der Waals surface area contributed by atoms with Gasteiger partial charge in [0.1, 0.15) is 5.82 Å². The Kier molecular flexibility index (Phi) is 3.77. The number of hydrogen-bond donors (Lipinski definition) is 1. The van der Waals surface area contributed by atoms with Gasteiger partial charge in [-0.1, -0.05) is 17.7 Å². The lowest BCUT2D eigenvalue weighted by Crippen LogP contribution is -2.15. The Labute approximate surface area is 104 Å². The van der Waals surface area contributed by atoms with Crippen molar-refractivity contribution in [1.82, 2.24) is 0 Å². The van der Waals surface area contributed by atoms with Crippen LogP contribution in [0.15, 0.2) is 34.3 Å². The zero-order chi connectivity index (χ0) is 11.5. The zero-order valence-electron chi connectivity index (χ0n) is 9.05. The molecule has 86 valence electrons. The molecule has 1 atom stereocenters. The normalized spacial score (nSPS) is 18.1. The Morgan fingerprint density at radius 1 is 1.31 bits per heavy atom. The molecule has 0 bridgehead atoms. The van der Waals surface area contributed by atoms with Crippen molar-refractivity contribution in [2.45, 2.75) is 31.7 Å². The molecule has 1 aromatic rings. The first-order chi connectivity index (χ1) is 7.68. The third-order valence-corrected chi connectivity index (χ3v) is 3.64. The van der Waals surface area contributed by atoms with Gasteiger partial charge in [0, 0.05) is 0 Å². The number of benzene rings is 1. The largest absolute Gasteiger partial charge is 0.321 e. The maximum atomic E-state index is 13.1. The van der Waals surface area contributed by atoms with Gasteiger partial charge in [-0.25, -0.2) is 4.39 Å². The molecule has 0 aliphatic heterocycles. The van der Waals surface area contributed by atoms with Crippen LogP contribution >= 0.6 is 15.9 Å². The van der Waals surface area contributed by atoms with Gasteiger partial charge in [-0.2, -0.15) is 0 Å². The lowest BCUT2D eigenvalue weighted by Gasteiger charge is -2.20. The minimum atomic E-state index is -0.242. The molecule has 16 heavy (non-hydrogen) atoms. The molecule has 0 aromatic heterocycles. The Morgan fingerprint density at radius 3 is 2.75 bits per heavy atom. The molecule has 0 saturated heterocycles. The van der Waals surface area contributed by atoms with Crippen molar-refractivity contribution < 1.29 is 4.39 Å². The van der Waals surface area contributed by atoms with Crippen LogP contribution in [-0.2, 0) is 0 Å². The van der Waals surface area contributed by atoms with Gasteiger partial charge in [0.15, 0.2) is 0 Å². The van der Waals surface area contributed by atoms with Crippen molar-refractivity contribution >= 4 is 15.9 Å². The van der Waals surface area contributed by atoms with E-state index in [-0.39, 0.29) is 11.9 Å². The van der Waals surface area contributed by atoms with E-state index in [4.69, 9.17) is 5.73 Å². The van der Waals surface area contributed by atoms with Crippen LogP contribution < -0.4 is 5.73 Å². The SMILES string of the molecule is NC(C1=CCCCC1)c1ccc(F)c(Br)c1. The Bertz CT molecular complexity index is 414. The van der Waals surface area contributed by atoms with Gasteiger partial charge in [-0.3, -0.25) is 0 Å². The molecule has 1 aliphatic rings. The Morgan fingerprint density at radius 2 is 2.12 bits per heavy atom. The molecule has 0 heterocycles. The molecule has 2 rings (SSSR count). The van der Waals surface area contributed by atoms with E-state index in [9.17, 15) is 4.39 Å².